The zero-order valence-electron chi connectivity index (χ0n) is 19.6. The quantitative estimate of drug-likeness (QED) is 0.414. The first-order valence-corrected chi connectivity index (χ1v) is 11.8. The number of amides is 2. The molecule has 4 aromatic rings. The molecular weight excluding hydrogens is 442 g/mol. The maximum absolute atomic E-state index is 13.4. The first kappa shape index (κ1) is 21.3. The molecule has 2 aliphatic rings. The van der Waals surface area contributed by atoms with E-state index in [4.69, 9.17) is 4.74 Å². The van der Waals surface area contributed by atoms with Crippen molar-refractivity contribution >= 4 is 34.3 Å². The number of benzene rings is 2. The fourth-order valence-corrected chi connectivity index (χ4v) is 4.75. The van der Waals surface area contributed by atoms with Crippen LogP contribution < -0.4 is 14.5 Å². The van der Waals surface area contributed by atoms with Crippen LogP contribution in [0.2, 0.25) is 0 Å². The third kappa shape index (κ3) is 3.90. The first-order chi connectivity index (χ1) is 17.0. The lowest BCUT2D eigenvalue weighted by molar-refractivity contribution is -0.117. The van der Waals surface area contributed by atoms with Crippen LogP contribution in [0.25, 0.3) is 22.0 Å². The minimum Gasteiger partial charge on any atom is -0.410 e. The van der Waals surface area contributed by atoms with E-state index in [9.17, 15) is 9.59 Å². The summed E-state index contributed by atoms with van der Waals surface area (Å²) in [6.45, 7) is 3.80. The Morgan fingerprint density at radius 1 is 1.03 bits per heavy atom. The number of hydrogen-bond donors (Lipinski definition) is 0. The molecule has 176 valence electrons. The molecule has 6 rings (SSSR count). The van der Waals surface area contributed by atoms with Crippen LogP contribution in [0.3, 0.4) is 0 Å². The zero-order valence-corrected chi connectivity index (χ0v) is 19.6. The van der Waals surface area contributed by atoms with Gasteiger partial charge >= 0.3 is 6.09 Å². The van der Waals surface area contributed by atoms with Gasteiger partial charge in [0.2, 0.25) is 5.91 Å². The minimum absolute atomic E-state index is 0.0679. The van der Waals surface area contributed by atoms with Crippen LogP contribution in [0.4, 0.5) is 16.2 Å². The molecule has 0 saturated heterocycles. The lowest BCUT2D eigenvalue weighted by Crippen LogP contribution is -2.52. The van der Waals surface area contributed by atoms with Crippen molar-refractivity contribution in [2.75, 3.05) is 16.3 Å². The van der Waals surface area contributed by atoms with Crippen LogP contribution in [0.15, 0.2) is 67.1 Å². The van der Waals surface area contributed by atoms with Gasteiger partial charge in [-0.3, -0.25) is 19.4 Å². The molecule has 2 amide bonds. The van der Waals surface area contributed by atoms with Crippen LogP contribution in [-0.4, -0.2) is 39.4 Å². The second kappa shape index (κ2) is 8.23. The number of ether oxygens (including phenoxy) is 1. The highest BCUT2D eigenvalue weighted by Gasteiger charge is 2.35. The summed E-state index contributed by atoms with van der Waals surface area (Å²) in [5, 5.41) is 5.47. The molecule has 1 atom stereocenters. The van der Waals surface area contributed by atoms with Crippen LogP contribution in [0, 0.1) is 0 Å². The molecule has 0 bridgehead atoms. The van der Waals surface area contributed by atoms with E-state index in [0.29, 0.717) is 29.7 Å². The van der Waals surface area contributed by atoms with Gasteiger partial charge in [0.25, 0.3) is 0 Å². The van der Waals surface area contributed by atoms with Gasteiger partial charge in [-0.1, -0.05) is 12.1 Å². The number of nitrogens with zero attached hydrogens (tertiary/aromatic N) is 5. The minimum atomic E-state index is -0.498. The summed E-state index contributed by atoms with van der Waals surface area (Å²) in [5.41, 5.74) is 3.98. The summed E-state index contributed by atoms with van der Waals surface area (Å²) in [6.07, 6.45) is 7.40. The maximum Gasteiger partial charge on any atom is 0.419 e. The third-order valence-electron chi connectivity index (χ3n) is 6.61. The Morgan fingerprint density at radius 3 is 2.69 bits per heavy atom. The molecule has 8 nitrogen and oxygen atoms in total. The molecule has 2 aromatic heterocycles. The Labute approximate surface area is 202 Å². The smallest absolute Gasteiger partial charge is 0.410 e. The van der Waals surface area contributed by atoms with Crippen molar-refractivity contribution in [3.63, 3.8) is 0 Å². The SMILES string of the molecule is CC(=O)N1c2ccc(-c3cnn(C4CC4)c3)cc2N(C(=O)Oc2ccc3cccnc3c2)C[C@@H]1C. The summed E-state index contributed by atoms with van der Waals surface area (Å²) >= 11 is 0. The maximum atomic E-state index is 13.4. The van der Waals surface area contributed by atoms with Crippen molar-refractivity contribution < 1.29 is 14.3 Å². The lowest BCUT2D eigenvalue weighted by Gasteiger charge is -2.40. The fraction of sp³-hybridized carbons (Fsp3) is 0.259. The van der Waals surface area contributed by atoms with Gasteiger partial charge < -0.3 is 9.64 Å². The Kier molecular flexibility index (Phi) is 5.02. The molecule has 0 spiro atoms. The predicted octanol–water partition coefficient (Wildman–Crippen LogP) is 5.19. The largest absolute Gasteiger partial charge is 0.419 e. The number of aromatic nitrogens is 3. The standard InChI is InChI=1S/C27H25N5O3/c1-17-15-30(27(34)35-23-9-5-19-4-3-11-28-24(19)13-23)26-12-20(6-10-25(26)32(17)18(2)33)21-14-29-31(16-21)22-7-8-22/h3-6,9-14,16-17,22H,7-8,15H2,1-2H3/t17-/m0/s1. The summed E-state index contributed by atoms with van der Waals surface area (Å²) in [7, 11) is 0. The summed E-state index contributed by atoms with van der Waals surface area (Å²) < 4.78 is 7.78. The zero-order chi connectivity index (χ0) is 24.1. The highest BCUT2D eigenvalue weighted by molar-refractivity contribution is 6.03. The van der Waals surface area contributed by atoms with Crippen molar-refractivity contribution in [1.29, 1.82) is 0 Å². The lowest BCUT2D eigenvalue weighted by atomic mass is 10.0. The van der Waals surface area contributed by atoms with Gasteiger partial charge in [-0.2, -0.15) is 5.10 Å². The van der Waals surface area contributed by atoms with Gasteiger partial charge in [-0.25, -0.2) is 4.79 Å². The van der Waals surface area contributed by atoms with E-state index >= 15 is 0 Å². The molecule has 0 unspecified atom stereocenters. The van der Waals surface area contributed by atoms with Crippen molar-refractivity contribution in [3.05, 3.63) is 67.1 Å². The fourth-order valence-electron chi connectivity index (χ4n) is 4.75. The molecule has 3 heterocycles. The van der Waals surface area contributed by atoms with Gasteiger partial charge in [0.15, 0.2) is 0 Å². The first-order valence-electron chi connectivity index (χ1n) is 11.8. The normalized spacial score (nSPS) is 17.4. The highest BCUT2D eigenvalue weighted by Crippen LogP contribution is 2.40. The van der Waals surface area contributed by atoms with E-state index < -0.39 is 6.09 Å². The van der Waals surface area contributed by atoms with E-state index in [1.165, 1.54) is 0 Å². The van der Waals surface area contributed by atoms with Gasteiger partial charge in [0.1, 0.15) is 5.75 Å². The molecule has 1 aliphatic heterocycles. The summed E-state index contributed by atoms with van der Waals surface area (Å²) in [5.74, 6) is 0.355. The van der Waals surface area contributed by atoms with Gasteiger partial charge in [0.05, 0.1) is 35.2 Å². The highest BCUT2D eigenvalue weighted by atomic mass is 16.6. The molecular formula is C27H25N5O3. The number of carbonyl (C=O) groups is 2. The Bertz CT molecular complexity index is 1460. The number of hydrogen-bond acceptors (Lipinski definition) is 5. The number of anilines is 2. The van der Waals surface area contributed by atoms with E-state index in [1.807, 2.05) is 60.4 Å². The topological polar surface area (TPSA) is 80.6 Å². The summed E-state index contributed by atoms with van der Waals surface area (Å²) in [4.78, 5) is 33.6. The molecule has 8 heteroatoms. The summed E-state index contributed by atoms with van der Waals surface area (Å²) in [6, 6.07) is 15.3. The van der Waals surface area contributed by atoms with Gasteiger partial charge in [-0.15, -0.1) is 0 Å². The van der Waals surface area contributed by atoms with Crippen LogP contribution in [0.1, 0.15) is 32.7 Å². The Hall–Kier alpha value is -4.20. The van der Waals surface area contributed by atoms with E-state index in [0.717, 1.165) is 34.9 Å². The van der Waals surface area contributed by atoms with E-state index in [1.54, 1.807) is 35.1 Å². The van der Waals surface area contributed by atoms with Gasteiger partial charge in [-0.05, 0) is 55.7 Å². The van der Waals surface area contributed by atoms with Crippen molar-refractivity contribution in [2.45, 2.75) is 38.8 Å². The van der Waals surface area contributed by atoms with Crippen molar-refractivity contribution in [1.82, 2.24) is 14.8 Å². The predicted molar refractivity (Wildman–Crippen MR) is 134 cm³/mol. The second-order valence-electron chi connectivity index (χ2n) is 9.22. The molecule has 1 fully saturated rings. The van der Waals surface area contributed by atoms with E-state index in [-0.39, 0.29) is 11.9 Å². The van der Waals surface area contributed by atoms with Crippen molar-refractivity contribution in [2.24, 2.45) is 0 Å². The van der Waals surface area contributed by atoms with Crippen LogP contribution >= 0.6 is 0 Å². The number of pyridine rings is 1. The van der Waals surface area contributed by atoms with Crippen molar-refractivity contribution in [3.8, 4) is 16.9 Å². The molecule has 35 heavy (non-hydrogen) atoms. The average molecular weight is 468 g/mol. The van der Waals surface area contributed by atoms with Crippen LogP contribution in [-0.2, 0) is 4.79 Å². The monoisotopic (exact) mass is 467 g/mol. The van der Waals surface area contributed by atoms with Crippen LogP contribution in [0.5, 0.6) is 5.75 Å². The second-order valence-corrected chi connectivity index (χ2v) is 9.22. The van der Waals surface area contributed by atoms with E-state index in [2.05, 4.69) is 10.1 Å². The molecule has 0 N–H and O–H groups in total. The number of rotatable bonds is 3. The molecule has 1 saturated carbocycles. The number of fused-ring (bicyclic) bond motifs is 2. The molecule has 2 aromatic carbocycles. The average Bonchev–Trinajstić information content (AvgIpc) is 3.59. The molecule has 1 aliphatic carbocycles. The Balaban J connectivity index is 1.36. The Morgan fingerprint density at radius 2 is 1.89 bits per heavy atom. The third-order valence-corrected chi connectivity index (χ3v) is 6.61. The molecule has 0 radical (unpaired) electrons. The number of carbonyl (C=O) groups excluding carboxylic acids is 2. The van der Waals surface area contributed by atoms with Gasteiger partial charge in [0, 0.05) is 42.9 Å².